The highest BCUT2D eigenvalue weighted by atomic mass is 31.2. The third-order valence-corrected chi connectivity index (χ3v) is 4.54. The van der Waals surface area contributed by atoms with Gasteiger partial charge in [0, 0.05) is 5.92 Å². The molecular formula is C11H23O2P. The van der Waals surface area contributed by atoms with Crippen molar-refractivity contribution in [1.82, 2.24) is 0 Å². The van der Waals surface area contributed by atoms with Crippen LogP contribution in [0.3, 0.4) is 0 Å². The number of aliphatic hydroxyl groups excluding tert-OH is 1. The van der Waals surface area contributed by atoms with Crippen molar-refractivity contribution in [2.24, 2.45) is 5.92 Å². The first kappa shape index (κ1) is 12.3. The zero-order chi connectivity index (χ0) is 10.9. The first-order chi connectivity index (χ1) is 6.31. The molecular weight excluding hydrogens is 195 g/mol. The smallest absolute Gasteiger partial charge is 0.0852 e. The number of hydrogen-bond donors (Lipinski definition) is 1. The Morgan fingerprint density at radius 1 is 1.36 bits per heavy atom. The summed E-state index contributed by atoms with van der Waals surface area (Å²) in [5, 5.41) is 9.89. The van der Waals surface area contributed by atoms with E-state index in [1.165, 1.54) is 0 Å². The monoisotopic (exact) mass is 218 g/mol. The van der Waals surface area contributed by atoms with E-state index in [1.54, 1.807) is 0 Å². The lowest BCUT2D eigenvalue weighted by atomic mass is 9.98. The second-order valence-corrected chi connectivity index (χ2v) is 9.50. The SMILES string of the molecule is C=P(C)(C)CC[C@H]1O[C@@H](C)[C@H](C)[C@@H]1O. The van der Waals surface area contributed by atoms with Gasteiger partial charge in [-0.25, -0.2) is 0 Å². The van der Waals surface area contributed by atoms with Gasteiger partial charge in [0.2, 0.25) is 0 Å². The van der Waals surface area contributed by atoms with Crippen molar-refractivity contribution in [2.45, 2.75) is 38.6 Å². The molecule has 84 valence electrons. The van der Waals surface area contributed by atoms with Crippen molar-refractivity contribution < 1.29 is 9.84 Å². The van der Waals surface area contributed by atoms with E-state index in [2.05, 4.69) is 26.6 Å². The quantitative estimate of drug-likeness (QED) is 0.733. The molecule has 1 heterocycles. The van der Waals surface area contributed by atoms with Crippen LogP contribution in [0, 0.1) is 5.92 Å². The number of hydrogen-bond acceptors (Lipinski definition) is 2. The average molecular weight is 218 g/mol. The minimum Gasteiger partial charge on any atom is -0.390 e. The fourth-order valence-electron chi connectivity index (χ4n) is 1.81. The van der Waals surface area contributed by atoms with Crippen molar-refractivity contribution in [3.8, 4) is 0 Å². The molecule has 0 spiro atoms. The minimum atomic E-state index is -0.975. The molecule has 0 unspecified atom stereocenters. The summed E-state index contributed by atoms with van der Waals surface area (Å²) in [4.78, 5) is 0. The molecule has 1 N–H and O–H groups in total. The highest BCUT2D eigenvalue weighted by Gasteiger charge is 2.37. The molecule has 0 aliphatic carbocycles. The summed E-state index contributed by atoms with van der Waals surface area (Å²) in [7, 11) is 0. The lowest BCUT2D eigenvalue weighted by Crippen LogP contribution is -2.26. The van der Waals surface area contributed by atoms with Gasteiger partial charge in [-0.3, -0.25) is 0 Å². The molecule has 0 saturated carbocycles. The normalized spacial score (nSPS) is 38.9. The van der Waals surface area contributed by atoms with Crippen LogP contribution in [0.2, 0.25) is 0 Å². The highest BCUT2D eigenvalue weighted by Crippen LogP contribution is 2.38. The Morgan fingerprint density at radius 3 is 2.29 bits per heavy atom. The first-order valence-electron chi connectivity index (χ1n) is 5.32. The zero-order valence-electron chi connectivity index (χ0n) is 9.73. The van der Waals surface area contributed by atoms with E-state index in [-0.39, 0.29) is 24.2 Å². The van der Waals surface area contributed by atoms with E-state index in [1.807, 2.05) is 6.92 Å². The third kappa shape index (κ3) is 3.12. The maximum Gasteiger partial charge on any atom is 0.0852 e. The molecule has 0 aromatic rings. The Bertz CT molecular complexity index is 233. The van der Waals surface area contributed by atoms with Crippen LogP contribution < -0.4 is 0 Å². The van der Waals surface area contributed by atoms with E-state index in [0.29, 0.717) is 0 Å². The van der Waals surface area contributed by atoms with Crippen molar-refractivity contribution in [3.05, 3.63) is 0 Å². The van der Waals surface area contributed by atoms with Gasteiger partial charge in [-0.2, -0.15) is 0 Å². The molecule has 2 nitrogen and oxygen atoms in total. The van der Waals surface area contributed by atoms with Crippen LogP contribution in [-0.2, 0) is 4.74 Å². The summed E-state index contributed by atoms with van der Waals surface area (Å²) in [6.07, 6.45) is 6.19. The number of ether oxygens (including phenoxy) is 1. The lowest BCUT2D eigenvalue weighted by Gasteiger charge is -2.18. The maximum absolute atomic E-state index is 9.89. The summed E-state index contributed by atoms with van der Waals surface area (Å²) in [6.45, 7) is 7.57. The second kappa shape index (κ2) is 4.38. The third-order valence-electron chi connectivity index (χ3n) is 3.07. The summed E-state index contributed by atoms with van der Waals surface area (Å²) >= 11 is 0. The average Bonchev–Trinajstić information content (AvgIpc) is 2.28. The van der Waals surface area contributed by atoms with Crippen LogP contribution >= 0.6 is 6.89 Å². The van der Waals surface area contributed by atoms with E-state index in [9.17, 15) is 5.11 Å². The number of aliphatic hydroxyl groups is 1. The second-order valence-electron chi connectivity index (χ2n) is 5.18. The molecule has 1 fully saturated rings. The van der Waals surface area contributed by atoms with Gasteiger partial charge in [0.05, 0.1) is 18.3 Å². The standard InChI is InChI=1S/C11H23O2P/c1-8-9(2)13-10(11(8)12)6-7-14(3,4)5/h8-12H,3,6-7H2,1-2,4-5H3/t8-,9-,10+,11-/m0/s1. The van der Waals surface area contributed by atoms with Crippen LogP contribution in [0.25, 0.3) is 0 Å². The largest absolute Gasteiger partial charge is 0.390 e. The molecule has 1 rings (SSSR count). The van der Waals surface area contributed by atoms with Gasteiger partial charge in [0.1, 0.15) is 0 Å². The van der Waals surface area contributed by atoms with Gasteiger partial charge in [0.25, 0.3) is 0 Å². The Balaban J connectivity index is 2.44. The van der Waals surface area contributed by atoms with Gasteiger partial charge in [-0.05, 0) is 32.8 Å². The molecule has 0 aromatic carbocycles. The van der Waals surface area contributed by atoms with Gasteiger partial charge in [0.15, 0.2) is 0 Å². The molecule has 4 atom stereocenters. The van der Waals surface area contributed by atoms with Crippen molar-refractivity contribution in [2.75, 3.05) is 19.5 Å². The van der Waals surface area contributed by atoms with Gasteiger partial charge in [-0.15, -0.1) is 13.2 Å². The van der Waals surface area contributed by atoms with E-state index in [0.717, 1.165) is 12.6 Å². The van der Waals surface area contributed by atoms with Crippen LogP contribution in [0.5, 0.6) is 0 Å². The highest BCUT2D eigenvalue weighted by molar-refractivity contribution is 7.72. The molecule has 14 heavy (non-hydrogen) atoms. The topological polar surface area (TPSA) is 29.5 Å². The predicted octanol–water partition coefficient (Wildman–Crippen LogP) is 1.87. The van der Waals surface area contributed by atoms with Crippen LogP contribution in [0.15, 0.2) is 0 Å². The van der Waals surface area contributed by atoms with E-state index in [4.69, 9.17) is 4.74 Å². The summed E-state index contributed by atoms with van der Waals surface area (Å²) in [6, 6.07) is 0. The Kier molecular flexibility index (Phi) is 3.85. The Hall–Kier alpha value is 0.220. The van der Waals surface area contributed by atoms with E-state index >= 15 is 0 Å². The van der Waals surface area contributed by atoms with Crippen LogP contribution in [0.4, 0.5) is 0 Å². The van der Waals surface area contributed by atoms with Crippen molar-refractivity contribution in [3.63, 3.8) is 0 Å². The molecule has 0 radical (unpaired) electrons. The molecule has 1 aliphatic rings. The van der Waals surface area contributed by atoms with Gasteiger partial charge in [-0.1, -0.05) is 6.92 Å². The number of rotatable bonds is 3. The summed E-state index contributed by atoms with van der Waals surface area (Å²) in [5.41, 5.74) is 0. The molecule has 0 aromatic heterocycles. The van der Waals surface area contributed by atoms with Crippen molar-refractivity contribution in [1.29, 1.82) is 0 Å². The van der Waals surface area contributed by atoms with Crippen LogP contribution in [0.1, 0.15) is 20.3 Å². The summed E-state index contributed by atoms with van der Waals surface area (Å²) < 4.78 is 5.72. The Labute approximate surface area is 87.6 Å². The molecule has 0 bridgehead atoms. The molecule has 1 saturated heterocycles. The molecule has 3 heteroatoms. The Morgan fingerprint density at radius 2 is 1.93 bits per heavy atom. The lowest BCUT2D eigenvalue weighted by molar-refractivity contribution is 0.0150. The maximum atomic E-state index is 9.89. The van der Waals surface area contributed by atoms with Crippen LogP contribution in [-0.4, -0.2) is 49.2 Å². The van der Waals surface area contributed by atoms with Gasteiger partial charge >= 0.3 is 0 Å². The summed E-state index contributed by atoms with van der Waals surface area (Å²) in [5.74, 6) is 0.270. The predicted molar refractivity (Wildman–Crippen MR) is 64.9 cm³/mol. The fraction of sp³-hybridized carbons (Fsp3) is 0.909. The van der Waals surface area contributed by atoms with Crippen molar-refractivity contribution >= 4 is 13.2 Å². The zero-order valence-corrected chi connectivity index (χ0v) is 10.6. The van der Waals surface area contributed by atoms with Gasteiger partial charge < -0.3 is 9.84 Å². The first-order valence-corrected chi connectivity index (χ1v) is 8.37. The van der Waals surface area contributed by atoms with E-state index < -0.39 is 6.89 Å². The molecule has 0 amide bonds. The molecule has 1 aliphatic heterocycles. The minimum absolute atomic E-state index is 0.0426. The fourth-order valence-corrected chi connectivity index (χ4v) is 2.77.